The van der Waals surface area contributed by atoms with E-state index in [2.05, 4.69) is 12.1 Å². The number of hydrogen-bond acceptors (Lipinski definition) is 6. The van der Waals surface area contributed by atoms with Crippen LogP contribution in [0.5, 0.6) is 0 Å². The highest BCUT2D eigenvalue weighted by Gasteiger charge is 2.63. The third-order valence-corrected chi connectivity index (χ3v) is 6.43. The predicted octanol–water partition coefficient (Wildman–Crippen LogP) is 2.69. The van der Waals surface area contributed by atoms with E-state index in [1.54, 1.807) is 0 Å². The maximum Gasteiger partial charge on any atom is 0.228 e. The number of fused-ring (bicyclic) bond motifs is 6. The van der Waals surface area contributed by atoms with Crippen molar-refractivity contribution >= 4 is 5.91 Å². The first-order valence-corrected chi connectivity index (χ1v) is 10.9. The van der Waals surface area contributed by atoms with Crippen molar-refractivity contribution in [3.05, 3.63) is 35.9 Å². The van der Waals surface area contributed by atoms with Crippen molar-refractivity contribution in [2.45, 2.75) is 90.1 Å². The van der Waals surface area contributed by atoms with Crippen LogP contribution in [0.15, 0.2) is 30.3 Å². The van der Waals surface area contributed by atoms with E-state index in [1.165, 1.54) is 5.56 Å². The smallest absolute Gasteiger partial charge is 0.228 e. The number of ether oxygens (including phenoxy) is 3. The molecule has 30 heavy (non-hydrogen) atoms. The van der Waals surface area contributed by atoms with Crippen LogP contribution < -0.4 is 0 Å². The lowest BCUT2D eigenvalue weighted by Gasteiger charge is -2.41. The minimum Gasteiger partial charge on any atom is -0.342 e. The minimum absolute atomic E-state index is 0.0406. The Morgan fingerprint density at radius 3 is 2.57 bits per heavy atom. The van der Waals surface area contributed by atoms with E-state index in [4.69, 9.17) is 19.0 Å². The van der Waals surface area contributed by atoms with Gasteiger partial charge in [-0.15, -0.1) is 0 Å². The predicted molar refractivity (Wildman–Crippen MR) is 109 cm³/mol. The molecule has 0 N–H and O–H groups in total. The maximum atomic E-state index is 13.4. The van der Waals surface area contributed by atoms with Crippen molar-refractivity contribution in [3.63, 3.8) is 0 Å². The quantitative estimate of drug-likeness (QED) is 0.739. The molecule has 0 radical (unpaired) electrons. The number of carbonyl (C=O) groups excluding carboxylic acids is 1. The molecule has 4 saturated heterocycles. The zero-order valence-corrected chi connectivity index (χ0v) is 18.4. The molecular formula is C23H32N2O5. The molecule has 2 unspecified atom stereocenters. The summed E-state index contributed by atoms with van der Waals surface area (Å²) >= 11 is 0. The third-order valence-electron chi connectivity index (χ3n) is 6.43. The minimum atomic E-state index is -0.720. The number of amides is 1. The summed E-state index contributed by atoms with van der Waals surface area (Å²) in [4.78, 5) is 21.7. The SMILES string of the molecule is CC1(C)O[C@H]2O[C@@H]3C4CC(CN(C(=O)C(C)(C)C)[C@H]3[C@H]2O1)ON4Cc1ccccc1. The zero-order valence-electron chi connectivity index (χ0n) is 18.4. The lowest BCUT2D eigenvalue weighted by atomic mass is 9.92. The molecule has 1 aromatic rings. The van der Waals surface area contributed by atoms with Gasteiger partial charge < -0.3 is 19.1 Å². The molecule has 5 rings (SSSR count). The average Bonchev–Trinajstić information content (AvgIpc) is 3.24. The maximum absolute atomic E-state index is 13.4. The lowest BCUT2D eigenvalue weighted by molar-refractivity contribution is -0.243. The van der Waals surface area contributed by atoms with Gasteiger partial charge in [-0.05, 0) is 25.8 Å². The normalized spacial score (nSPS) is 37.7. The van der Waals surface area contributed by atoms with Crippen LogP contribution in [-0.4, -0.2) is 64.9 Å². The molecular weight excluding hydrogens is 384 g/mol. The van der Waals surface area contributed by atoms with E-state index in [-0.39, 0.29) is 36.3 Å². The molecule has 4 heterocycles. The second-order valence-corrected chi connectivity index (χ2v) is 10.4. The summed E-state index contributed by atoms with van der Waals surface area (Å²) in [5.41, 5.74) is 0.694. The standard InChI is InChI=1S/C23H32N2O5/c1-22(2,3)21(26)24-13-15-11-16(25(30-15)12-14-9-7-6-8-10-14)18-17(24)19-20(27-18)29-23(4,5)28-19/h6-10,15-20H,11-13H2,1-5H3/t15?,16?,17-,18-,19-,20-/m1/s1. The topological polar surface area (TPSA) is 60.5 Å². The number of carbonyl (C=O) groups is 1. The fourth-order valence-corrected chi connectivity index (χ4v) is 5.20. The second kappa shape index (κ2) is 7.00. The lowest BCUT2D eigenvalue weighted by Crippen LogP contribution is -2.58. The Hall–Kier alpha value is -1.51. The summed E-state index contributed by atoms with van der Waals surface area (Å²) in [7, 11) is 0. The molecule has 1 aromatic carbocycles. The van der Waals surface area contributed by atoms with E-state index in [0.29, 0.717) is 13.1 Å². The van der Waals surface area contributed by atoms with E-state index in [1.807, 2.05) is 62.8 Å². The van der Waals surface area contributed by atoms with Gasteiger partial charge in [0.2, 0.25) is 5.91 Å². The van der Waals surface area contributed by atoms with Gasteiger partial charge in [0.25, 0.3) is 0 Å². The molecule has 0 spiro atoms. The van der Waals surface area contributed by atoms with E-state index >= 15 is 0 Å². The van der Waals surface area contributed by atoms with Crippen LogP contribution in [-0.2, 0) is 30.4 Å². The summed E-state index contributed by atoms with van der Waals surface area (Å²) in [5, 5.41) is 2.04. The van der Waals surface area contributed by atoms with Crippen LogP contribution in [0.1, 0.15) is 46.6 Å². The largest absolute Gasteiger partial charge is 0.342 e. The molecule has 0 aromatic heterocycles. The van der Waals surface area contributed by atoms with Gasteiger partial charge in [0.1, 0.15) is 12.2 Å². The highest BCUT2D eigenvalue weighted by atomic mass is 16.8. The number of nitrogens with zero attached hydrogens (tertiary/aromatic N) is 2. The average molecular weight is 417 g/mol. The van der Waals surface area contributed by atoms with Crippen LogP contribution >= 0.6 is 0 Å². The highest BCUT2D eigenvalue weighted by Crippen LogP contribution is 2.46. The summed E-state index contributed by atoms with van der Waals surface area (Å²) in [6.07, 6.45) is -0.216. The Balaban J connectivity index is 1.46. The Kier molecular flexibility index (Phi) is 4.76. The first kappa shape index (κ1) is 20.4. The number of hydrogen-bond donors (Lipinski definition) is 0. The van der Waals surface area contributed by atoms with E-state index in [0.717, 1.165) is 6.42 Å². The fraction of sp³-hybridized carbons (Fsp3) is 0.696. The Labute approximate surface area is 178 Å². The Morgan fingerprint density at radius 1 is 1.13 bits per heavy atom. The summed E-state index contributed by atoms with van der Waals surface area (Å²) in [6, 6.07) is 10.1. The van der Waals surface area contributed by atoms with Crippen LogP contribution in [0.25, 0.3) is 0 Å². The fourth-order valence-electron chi connectivity index (χ4n) is 5.20. The van der Waals surface area contributed by atoms with Gasteiger partial charge in [0.15, 0.2) is 12.1 Å². The van der Waals surface area contributed by atoms with Gasteiger partial charge in [-0.1, -0.05) is 51.1 Å². The molecule has 4 fully saturated rings. The Bertz CT molecular complexity index is 808. The summed E-state index contributed by atoms with van der Waals surface area (Å²) < 4.78 is 18.7. The molecule has 164 valence electrons. The number of benzene rings is 1. The van der Waals surface area contributed by atoms with E-state index < -0.39 is 17.5 Å². The van der Waals surface area contributed by atoms with Crippen LogP contribution in [0.4, 0.5) is 0 Å². The molecule has 0 aliphatic carbocycles. The van der Waals surface area contributed by atoms with Gasteiger partial charge in [-0.25, -0.2) is 0 Å². The van der Waals surface area contributed by atoms with Gasteiger partial charge in [-0.3, -0.25) is 9.63 Å². The van der Waals surface area contributed by atoms with Gasteiger partial charge in [-0.2, -0.15) is 5.06 Å². The first-order chi connectivity index (χ1) is 14.1. The van der Waals surface area contributed by atoms with Crippen LogP contribution in [0, 0.1) is 5.41 Å². The molecule has 4 aliphatic rings. The van der Waals surface area contributed by atoms with Crippen LogP contribution in [0.2, 0.25) is 0 Å². The zero-order chi connectivity index (χ0) is 21.3. The molecule has 7 nitrogen and oxygen atoms in total. The van der Waals surface area contributed by atoms with Gasteiger partial charge in [0.05, 0.1) is 18.2 Å². The summed E-state index contributed by atoms with van der Waals surface area (Å²) in [5.74, 6) is -0.622. The van der Waals surface area contributed by atoms with Crippen molar-refractivity contribution < 1.29 is 23.8 Å². The van der Waals surface area contributed by atoms with Gasteiger partial charge >= 0.3 is 0 Å². The van der Waals surface area contributed by atoms with Crippen LogP contribution in [0.3, 0.4) is 0 Å². The number of likely N-dealkylation sites (tertiary alicyclic amines) is 1. The molecule has 6 atom stereocenters. The number of rotatable bonds is 2. The first-order valence-electron chi connectivity index (χ1n) is 10.9. The highest BCUT2D eigenvalue weighted by molar-refractivity contribution is 5.82. The number of hydroxylamine groups is 2. The van der Waals surface area contributed by atoms with Crippen molar-refractivity contribution in [2.75, 3.05) is 6.54 Å². The van der Waals surface area contributed by atoms with Gasteiger partial charge in [0, 0.05) is 18.5 Å². The summed E-state index contributed by atoms with van der Waals surface area (Å²) in [6.45, 7) is 10.9. The van der Waals surface area contributed by atoms with Crippen molar-refractivity contribution in [1.82, 2.24) is 9.96 Å². The third kappa shape index (κ3) is 3.46. The Morgan fingerprint density at radius 2 is 1.87 bits per heavy atom. The molecule has 1 amide bonds. The molecule has 2 bridgehead atoms. The molecule has 0 saturated carbocycles. The molecule has 7 heteroatoms. The molecule has 4 aliphatic heterocycles. The van der Waals surface area contributed by atoms with E-state index in [9.17, 15) is 4.79 Å². The van der Waals surface area contributed by atoms with Crippen molar-refractivity contribution in [3.8, 4) is 0 Å². The second-order valence-electron chi connectivity index (χ2n) is 10.4. The monoisotopic (exact) mass is 416 g/mol. The van der Waals surface area contributed by atoms with Crippen molar-refractivity contribution in [1.29, 1.82) is 0 Å². The van der Waals surface area contributed by atoms with Crippen molar-refractivity contribution in [2.24, 2.45) is 5.41 Å².